The normalized spacial score (nSPS) is 12.4. The third-order valence-electron chi connectivity index (χ3n) is 2.65. The van der Waals surface area contributed by atoms with Gasteiger partial charge in [0, 0.05) is 6.54 Å². The summed E-state index contributed by atoms with van der Waals surface area (Å²) < 4.78 is 39.6. The van der Waals surface area contributed by atoms with Crippen LogP contribution in [0.1, 0.15) is 37.6 Å². The molecule has 0 spiro atoms. The first-order chi connectivity index (χ1) is 9.03. The lowest BCUT2D eigenvalue weighted by Gasteiger charge is -2.18. The maximum absolute atomic E-state index is 13.2. The van der Waals surface area contributed by atoms with Crippen molar-refractivity contribution >= 4 is 16.0 Å². The molecular weight excluding hydrogens is 285 g/mol. The molecule has 0 radical (unpaired) electrons. The van der Waals surface area contributed by atoms with Gasteiger partial charge in [0.2, 0.25) is 10.0 Å². The molecule has 20 heavy (non-hydrogen) atoms. The van der Waals surface area contributed by atoms with Gasteiger partial charge in [-0.15, -0.1) is 0 Å². The van der Waals surface area contributed by atoms with E-state index in [9.17, 15) is 17.6 Å². The molecule has 0 aliphatic heterocycles. The number of carboxylic acids is 1. The van der Waals surface area contributed by atoms with Gasteiger partial charge < -0.3 is 5.11 Å². The Hall–Kier alpha value is -1.47. The van der Waals surface area contributed by atoms with E-state index in [1.165, 1.54) is 0 Å². The lowest BCUT2D eigenvalue weighted by molar-refractivity contribution is 0.0691. The lowest BCUT2D eigenvalue weighted by atomic mass is 9.93. The summed E-state index contributed by atoms with van der Waals surface area (Å²) in [5, 5.41) is 8.78. The number of benzene rings is 1. The van der Waals surface area contributed by atoms with Crippen LogP contribution in [-0.4, -0.2) is 26.0 Å². The van der Waals surface area contributed by atoms with Crippen molar-refractivity contribution in [2.75, 3.05) is 6.54 Å². The van der Waals surface area contributed by atoms with Crippen LogP contribution in [0, 0.1) is 11.2 Å². The Morgan fingerprint density at radius 2 is 1.95 bits per heavy atom. The zero-order valence-electron chi connectivity index (χ0n) is 11.6. The summed E-state index contributed by atoms with van der Waals surface area (Å²) in [4.78, 5) is 10.5. The molecule has 0 amide bonds. The highest BCUT2D eigenvalue weighted by molar-refractivity contribution is 7.89. The predicted octanol–water partition coefficient (Wildman–Crippen LogP) is 2.24. The molecule has 0 unspecified atom stereocenters. The van der Waals surface area contributed by atoms with E-state index in [0.29, 0.717) is 6.42 Å². The van der Waals surface area contributed by atoms with Gasteiger partial charge in [-0.1, -0.05) is 20.8 Å². The van der Waals surface area contributed by atoms with Gasteiger partial charge in [0.1, 0.15) is 5.82 Å². The summed E-state index contributed by atoms with van der Waals surface area (Å²) in [6.45, 7) is 6.15. The number of carbonyl (C=O) groups is 1. The monoisotopic (exact) mass is 303 g/mol. The number of hydrogen-bond donors (Lipinski definition) is 2. The predicted molar refractivity (Wildman–Crippen MR) is 72.6 cm³/mol. The summed E-state index contributed by atoms with van der Waals surface area (Å²) in [5.74, 6) is -2.47. The SMILES string of the molecule is CC(C)(C)CCNS(=O)(=O)c1ccc(F)c(C(=O)O)c1. The van der Waals surface area contributed by atoms with E-state index < -0.39 is 27.4 Å². The van der Waals surface area contributed by atoms with E-state index in [-0.39, 0.29) is 16.9 Å². The first-order valence-corrected chi connectivity index (χ1v) is 7.54. The second kappa shape index (κ2) is 5.88. The van der Waals surface area contributed by atoms with Gasteiger partial charge in [-0.05, 0) is 30.0 Å². The first-order valence-electron chi connectivity index (χ1n) is 6.05. The minimum Gasteiger partial charge on any atom is -0.478 e. The molecule has 0 bridgehead atoms. The zero-order chi connectivity index (χ0) is 15.6. The quantitative estimate of drug-likeness (QED) is 0.873. The van der Waals surface area contributed by atoms with Crippen molar-refractivity contribution in [2.24, 2.45) is 5.41 Å². The molecule has 1 rings (SSSR count). The largest absolute Gasteiger partial charge is 0.478 e. The minimum atomic E-state index is -3.84. The van der Waals surface area contributed by atoms with Gasteiger partial charge in [0.25, 0.3) is 0 Å². The summed E-state index contributed by atoms with van der Waals surface area (Å²) in [6.07, 6.45) is 0.624. The number of hydrogen-bond acceptors (Lipinski definition) is 3. The maximum Gasteiger partial charge on any atom is 0.338 e. The van der Waals surface area contributed by atoms with E-state index in [4.69, 9.17) is 5.11 Å². The van der Waals surface area contributed by atoms with Gasteiger partial charge in [0.05, 0.1) is 10.5 Å². The van der Waals surface area contributed by atoms with E-state index in [1.807, 2.05) is 20.8 Å². The Morgan fingerprint density at radius 3 is 2.45 bits per heavy atom. The molecule has 0 aromatic heterocycles. The molecule has 0 saturated heterocycles. The third kappa shape index (κ3) is 4.57. The van der Waals surface area contributed by atoms with Gasteiger partial charge >= 0.3 is 5.97 Å². The van der Waals surface area contributed by atoms with Crippen molar-refractivity contribution in [3.05, 3.63) is 29.6 Å². The second-order valence-corrected chi connectivity index (χ2v) is 7.42. The van der Waals surface area contributed by atoms with Crippen LogP contribution in [0.5, 0.6) is 0 Å². The summed E-state index contributed by atoms with van der Waals surface area (Å²) in [5.41, 5.74) is -0.693. The number of rotatable bonds is 5. The topological polar surface area (TPSA) is 83.5 Å². The number of nitrogens with one attached hydrogen (secondary N) is 1. The van der Waals surface area contributed by atoms with E-state index in [0.717, 1.165) is 18.2 Å². The number of halogens is 1. The molecule has 0 aliphatic rings. The molecule has 2 N–H and O–H groups in total. The zero-order valence-corrected chi connectivity index (χ0v) is 12.4. The van der Waals surface area contributed by atoms with Gasteiger partial charge in [-0.25, -0.2) is 22.3 Å². The van der Waals surface area contributed by atoms with E-state index in [1.54, 1.807) is 0 Å². The molecule has 1 aromatic rings. The van der Waals surface area contributed by atoms with Crippen LogP contribution in [-0.2, 0) is 10.0 Å². The highest BCUT2D eigenvalue weighted by atomic mass is 32.2. The lowest BCUT2D eigenvalue weighted by Crippen LogP contribution is -2.27. The molecular formula is C13H18FNO4S. The maximum atomic E-state index is 13.2. The third-order valence-corrected chi connectivity index (χ3v) is 4.10. The fourth-order valence-corrected chi connectivity index (χ4v) is 2.54. The van der Waals surface area contributed by atoms with Crippen LogP contribution in [0.15, 0.2) is 23.1 Å². The molecule has 112 valence electrons. The summed E-state index contributed by atoms with van der Waals surface area (Å²) in [7, 11) is -3.84. The van der Waals surface area contributed by atoms with Crippen LogP contribution < -0.4 is 4.72 Å². The molecule has 7 heteroatoms. The molecule has 0 saturated carbocycles. The number of carboxylic acid groups (broad SMARTS) is 1. The molecule has 0 fully saturated rings. The fourth-order valence-electron chi connectivity index (χ4n) is 1.48. The van der Waals surface area contributed by atoms with Gasteiger partial charge in [-0.3, -0.25) is 0 Å². The molecule has 1 aromatic carbocycles. The number of sulfonamides is 1. The van der Waals surface area contributed by atoms with Gasteiger partial charge in [0.15, 0.2) is 0 Å². The van der Waals surface area contributed by atoms with Crippen molar-refractivity contribution in [3.63, 3.8) is 0 Å². The Labute approximate surface area is 117 Å². The standard InChI is InChI=1S/C13H18FNO4S/c1-13(2,3)6-7-15-20(18,19)9-4-5-11(14)10(8-9)12(16)17/h4-5,8,15H,6-7H2,1-3H3,(H,16,17). The summed E-state index contributed by atoms with van der Waals surface area (Å²) >= 11 is 0. The van der Waals surface area contributed by atoms with E-state index >= 15 is 0 Å². The number of aromatic carboxylic acids is 1. The Morgan fingerprint density at radius 1 is 1.35 bits per heavy atom. The molecule has 5 nitrogen and oxygen atoms in total. The van der Waals surface area contributed by atoms with Crippen molar-refractivity contribution in [1.82, 2.24) is 4.72 Å². The molecule has 0 heterocycles. The van der Waals surface area contributed by atoms with Crippen molar-refractivity contribution in [2.45, 2.75) is 32.1 Å². The second-order valence-electron chi connectivity index (χ2n) is 5.66. The van der Waals surface area contributed by atoms with E-state index in [2.05, 4.69) is 4.72 Å². The van der Waals surface area contributed by atoms with Crippen molar-refractivity contribution < 1.29 is 22.7 Å². The summed E-state index contributed by atoms with van der Waals surface area (Å²) in [6, 6.07) is 2.69. The fraction of sp³-hybridized carbons (Fsp3) is 0.462. The average Bonchev–Trinajstić information content (AvgIpc) is 2.26. The highest BCUT2D eigenvalue weighted by Gasteiger charge is 2.19. The Bertz CT molecular complexity index is 605. The average molecular weight is 303 g/mol. The van der Waals surface area contributed by atoms with Gasteiger partial charge in [-0.2, -0.15) is 0 Å². The minimum absolute atomic E-state index is 0.0302. The smallest absolute Gasteiger partial charge is 0.338 e. The first kappa shape index (κ1) is 16.6. The van der Waals surface area contributed by atoms with Crippen LogP contribution in [0.3, 0.4) is 0 Å². The van der Waals surface area contributed by atoms with Crippen LogP contribution in [0.25, 0.3) is 0 Å². The molecule has 0 atom stereocenters. The Balaban J connectivity index is 2.93. The highest BCUT2D eigenvalue weighted by Crippen LogP contribution is 2.19. The van der Waals surface area contributed by atoms with Crippen molar-refractivity contribution in [3.8, 4) is 0 Å². The molecule has 0 aliphatic carbocycles. The van der Waals surface area contributed by atoms with Crippen molar-refractivity contribution in [1.29, 1.82) is 0 Å². The van der Waals surface area contributed by atoms with Crippen LogP contribution in [0.2, 0.25) is 0 Å². The van der Waals surface area contributed by atoms with Crippen LogP contribution in [0.4, 0.5) is 4.39 Å². The Kier molecular flexibility index (Phi) is 4.88. The van der Waals surface area contributed by atoms with Crippen LogP contribution >= 0.6 is 0 Å².